The summed E-state index contributed by atoms with van der Waals surface area (Å²) in [6.07, 6.45) is -0.536. The van der Waals surface area contributed by atoms with Crippen LogP contribution in [-0.2, 0) is 0 Å². The molecule has 0 aromatic heterocycles. The second-order valence-corrected chi connectivity index (χ2v) is 3.65. The predicted molar refractivity (Wildman–Crippen MR) is 56.4 cm³/mol. The van der Waals surface area contributed by atoms with E-state index in [1.54, 1.807) is 13.0 Å². The third-order valence-corrected chi connectivity index (χ3v) is 2.26. The van der Waals surface area contributed by atoms with Gasteiger partial charge >= 0.3 is 0 Å². The number of nitrogens with zero attached hydrogens (tertiary/aromatic N) is 1. The Bertz CT molecular complexity index is 297. The smallest absolute Gasteiger partial charge is 0.0796 e. The Kier molecular flexibility index (Phi) is 3.17. The monoisotopic (exact) mass is 199 g/mol. The fourth-order valence-corrected chi connectivity index (χ4v) is 1.66. The van der Waals surface area contributed by atoms with E-state index in [9.17, 15) is 5.11 Å². The van der Waals surface area contributed by atoms with Gasteiger partial charge in [0.1, 0.15) is 0 Å². The second-order valence-electron chi connectivity index (χ2n) is 3.24. The van der Waals surface area contributed by atoms with Crippen molar-refractivity contribution in [2.24, 2.45) is 0 Å². The lowest BCUT2D eigenvalue weighted by molar-refractivity contribution is 0.200. The number of aliphatic hydroxyl groups excluding tert-OH is 1. The third kappa shape index (κ3) is 2.14. The number of anilines is 1. The fraction of sp³-hybridized carbons (Fsp3) is 0.400. The van der Waals surface area contributed by atoms with Gasteiger partial charge in [-0.2, -0.15) is 0 Å². The highest BCUT2D eigenvalue weighted by Gasteiger charge is 2.12. The molecule has 0 bridgehead atoms. The quantitative estimate of drug-likeness (QED) is 0.791. The maximum absolute atomic E-state index is 9.52. The minimum atomic E-state index is -0.536. The zero-order chi connectivity index (χ0) is 10.0. The highest BCUT2D eigenvalue weighted by Crippen LogP contribution is 2.31. The zero-order valence-electron chi connectivity index (χ0n) is 8.08. The number of rotatable bonds is 2. The molecule has 0 unspecified atom stereocenters. The number of hydrogen-bond acceptors (Lipinski definition) is 2. The van der Waals surface area contributed by atoms with Gasteiger partial charge in [0.25, 0.3) is 0 Å². The van der Waals surface area contributed by atoms with Crippen molar-refractivity contribution >= 4 is 17.3 Å². The molecule has 1 N–H and O–H groups in total. The molecule has 13 heavy (non-hydrogen) atoms. The minimum Gasteiger partial charge on any atom is -0.389 e. The average Bonchev–Trinajstić information content (AvgIpc) is 2.02. The van der Waals surface area contributed by atoms with E-state index in [0.717, 1.165) is 11.3 Å². The molecule has 0 amide bonds. The van der Waals surface area contributed by atoms with E-state index in [1.807, 2.05) is 31.1 Å². The molecule has 0 aliphatic carbocycles. The molecule has 0 spiro atoms. The summed E-state index contributed by atoms with van der Waals surface area (Å²) in [7, 11) is 3.86. The first-order chi connectivity index (χ1) is 6.04. The number of halogens is 1. The standard InChI is InChI=1S/C10H14ClNO/c1-7(13)10-8(11)5-4-6-9(10)12(2)3/h4-7,13H,1-3H3/t7-/m1/s1. The van der Waals surface area contributed by atoms with Crippen molar-refractivity contribution in [2.75, 3.05) is 19.0 Å². The molecule has 0 saturated carbocycles. The summed E-state index contributed by atoms with van der Waals surface area (Å²) in [6.45, 7) is 1.72. The maximum atomic E-state index is 9.52. The lowest BCUT2D eigenvalue weighted by Crippen LogP contribution is -2.12. The van der Waals surface area contributed by atoms with Gasteiger partial charge in [0.05, 0.1) is 6.10 Å². The summed E-state index contributed by atoms with van der Waals surface area (Å²) < 4.78 is 0. The van der Waals surface area contributed by atoms with Gasteiger partial charge in [-0.1, -0.05) is 17.7 Å². The Labute approximate surface area is 83.7 Å². The molecule has 2 nitrogen and oxygen atoms in total. The molecule has 1 aromatic carbocycles. The van der Waals surface area contributed by atoms with E-state index in [1.165, 1.54) is 0 Å². The second kappa shape index (κ2) is 3.99. The van der Waals surface area contributed by atoms with Crippen molar-refractivity contribution in [3.05, 3.63) is 28.8 Å². The summed E-state index contributed by atoms with van der Waals surface area (Å²) in [5.41, 5.74) is 1.75. The van der Waals surface area contributed by atoms with Crippen LogP contribution < -0.4 is 4.90 Å². The SMILES string of the molecule is C[C@@H](O)c1c(Cl)cccc1N(C)C. The maximum Gasteiger partial charge on any atom is 0.0796 e. The molecular formula is C10H14ClNO. The molecule has 72 valence electrons. The first-order valence-corrected chi connectivity index (χ1v) is 4.55. The van der Waals surface area contributed by atoms with Crippen molar-refractivity contribution in [2.45, 2.75) is 13.0 Å². The Hall–Kier alpha value is -0.730. The van der Waals surface area contributed by atoms with Crippen molar-refractivity contribution in [3.63, 3.8) is 0 Å². The molecule has 0 fully saturated rings. The highest BCUT2D eigenvalue weighted by molar-refractivity contribution is 6.31. The Morgan fingerprint density at radius 1 is 1.38 bits per heavy atom. The largest absolute Gasteiger partial charge is 0.389 e. The fourth-order valence-electron chi connectivity index (χ4n) is 1.33. The number of benzene rings is 1. The van der Waals surface area contributed by atoms with Gasteiger partial charge in [0, 0.05) is 30.4 Å². The zero-order valence-corrected chi connectivity index (χ0v) is 8.84. The van der Waals surface area contributed by atoms with Crippen LogP contribution in [0.1, 0.15) is 18.6 Å². The summed E-state index contributed by atoms with van der Waals surface area (Å²) in [4.78, 5) is 1.94. The van der Waals surface area contributed by atoms with Crippen LogP contribution in [0.25, 0.3) is 0 Å². The van der Waals surface area contributed by atoms with E-state index in [-0.39, 0.29) is 0 Å². The van der Waals surface area contributed by atoms with Crippen molar-refractivity contribution in [1.82, 2.24) is 0 Å². The lowest BCUT2D eigenvalue weighted by atomic mass is 10.1. The van der Waals surface area contributed by atoms with Crippen LogP contribution in [-0.4, -0.2) is 19.2 Å². The number of hydrogen-bond donors (Lipinski definition) is 1. The summed E-state index contributed by atoms with van der Waals surface area (Å²) in [6, 6.07) is 5.61. The molecule has 0 aliphatic rings. The van der Waals surface area contributed by atoms with Gasteiger partial charge in [-0.25, -0.2) is 0 Å². The van der Waals surface area contributed by atoms with Crippen LogP contribution in [0.3, 0.4) is 0 Å². The van der Waals surface area contributed by atoms with Gasteiger partial charge in [-0.3, -0.25) is 0 Å². The molecule has 1 atom stereocenters. The number of aliphatic hydroxyl groups is 1. The van der Waals surface area contributed by atoms with E-state index in [4.69, 9.17) is 11.6 Å². The molecular weight excluding hydrogens is 186 g/mol. The minimum absolute atomic E-state index is 0.536. The summed E-state index contributed by atoms with van der Waals surface area (Å²) in [5, 5.41) is 10.1. The highest BCUT2D eigenvalue weighted by atomic mass is 35.5. The lowest BCUT2D eigenvalue weighted by Gasteiger charge is -2.20. The van der Waals surface area contributed by atoms with Crippen molar-refractivity contribution in [1.29, 1.82) is 0 Å². The summed E-state index contributed by atoms with van der Waals surface area (Å²) in [5.74, 6) is 0. The van der Waals surface area contributed by atoms with Gasteiger partial charge in [-0.05, 0) is 19.1 Å². The molecule has 0 aliphatic heterocycles. The van der Waals surface area contributed by atoms with Crippen LogP contribution in [0.4, 0.5) is 5.69 Å². The Morgan fingerprint density at radius 3 is 2.38 bits per heavy atom. The molecule has 0 saturated heterocycles. The molecule has 3 heteroatoms. The van der Waals surface area contributed by atoms with Gasteiger partial charge < -0.3 is 10.0 Å². The van der Waals surface area contributed by atoms with E-state index < -0.39 is 6.10 Å². The normalized spacial score (nSPS) is 12.7. The Balaban J connectivity index is 3.26. The third-order valence-electron chi connectivity index (χ3n) is 1.93. The van der Waals surface area contributed by atoms with Crippen LogP contribution in [0.2, 0.25) is 5.02 Å². The van der Waals surface area contributed by atoms with E-state index >= 15 is 0 Å². The van der Waals surface area contributed by atoms with Crippen LogP contribution >= 0.6 is 11.6 Å². The van der Waals surface area contributed by atoms with E-state index in [0.29, 0.717) is 5.02 Å². The van der Waals surface area contributed by atoms with E-state index in [2.05, 4.69) is 0 Å². The van der Waals surface area contributed by atoms with Crippen molar-refractivity contribution in [3.8, 4) is 0 Å². The molecule has 0 radical (unpaired) electrons. The summed E-state index contributed by atoms with van der Waals surface area (Å²) >= 11 is 5.98. The molecule has 1 aromatic rings. The first-order valence-electron chi connectivity index (χ1n) is 4.18. The van der Waals surface area contributed by atoms with Crippen LogP contribution in [0.5, 0.6) is 0 Å². The predicted octanol–water partition coefficient (Wildman–Crippen LogP) is 2.46. The molecule has 0 heterocycles. The van der Waals surface area contributed by atoms with Gasteiger partial charge in [0.2, 0.25) is 0 Å². The first kappa shape index (κ1) is 10.4. The van der Waals surface area contributed by atoms with Crippen LogP contribution in [0, 0.1) is 0 Å². The van der Waals surface area contributed by atoms with Crippen LogP contribution in [0.15, 0.2) is 18.2 Å². The molecule has 1 rings (SSSR count). The van der Waals surface area contributed by atoms with Gasteiger partial charge in [-0.15, -0.1) is 0 Å². The van der Waals surface area contributed by atoms with Gasteiger partial charge in [0.15, 0.2) is 0 Å². The topological polar surface area (TPSA) is 23.5 Å². The average molecular weight is 200 g/mol. The van der Waals surface area contributed by atoms with Crippen molar-refractivity contribution < 1.29 is 5.11 Å². The Morgan fingerprint density at radius 2 is 2.00 bits per heavy atom.